The van der Waals surface area contributed by atoms with Crippen molar-refractivity contribution in [2.24, 2.45) is 11.8 Å². The second-order valence-corrected chi connectivity index (χ2v) is 11.9. The summed E-state index contributed by atoms with van der Waals surface area (Å²) in [6.07, 6.45) is 8.25. The van der Waals surface area contributed by atoms with Gasteiger partial charge in [0.1, 0.15) is 11.2 Å². The summed E-state index contributed by atoms with van der Waals surface area (Å²) < 4.78 is 13.6. The van der Waals surface area contributed by atoms with E-state index in [2.05, 4.69) is 26.6 Å². The van der Waals surface area contributed by atoms with E-state index in [0.29, 0.717) is 35.5 Å². The van der Waals surface area contributed by atoms with E-state index < -0.39 is 5.76 Å². The van der Waals surface area contributed by atoms with E-state index in [-0.39, 0.29) is 17.3 Å². The minimum atomic E-state index is -0.656. The Morgan fingerprint density at radius 3 is 2.72 bits per heavy atom. The van der Waals surface area contributed by atoms with Crippen LogP contribution in [-0.2, 0) is 11.3 Å². The molecule has 10 nitrogen and oxygen atoms in total. The molecule has 1 saturated heterocycles. The quantitative estimate of drug-likeness (QED) is 0.366. The molecule has 4 aromatic rings. The molecule has 7 rings (SSSR count). The van der Waals surface area contributed by atoms with E-state index in [4.69, 9.17) is 35.7 Å². The summed E-state index contributed by atoms with van der Waals surface area (Å²) in [6, 6.07) is 7.64. The molecule has 0 radical (unpaired) electrons. The van der Waals surface area contributed by atoms with Gasteiger partial charge in [0.2, 0.25) is 11.8 Å². The van der Waals surface area contributed by atoms with Gasteiger partial charge < -0.3 is 18.6 Å². The second-order valence-electron chi connectivity index (χ2n) is 11.4. The highest BCUT2D eigenvalue weighted by Gasteiger charge is 2.47. The molecule has 0 amide bonds. The van der Waals surface area contributed by atoms with Crippen molar-refractivity contribution in [1.82, 2.24) is 29.7 Å². The molecule has 0 unspecified atom stereocenters. The molecule has 2 saturated carbocycles. The number of anilines is 1. The van der Waals surface area contributed by atoms with Crippen LogP contribution >= 0.6 is 11.6 Å². The third-order valence-electron chi connectivity index (χ3n) is 8.81. The lowest BCUT2D eigenvalue weighted by Gasteiger charge is -2.53. The van der Waals surface area contributed by atoms with E-state index in [1.807, 2.05) is 24.3 Å². The summed E-state index contributed by atoms with van der Waals surface area (Å²) in [5.41, 5.74) is 2.94. The molecule has 204 valence electrons. The summed E-state index contributed by atoms with van der Waals surface area (Å²) in [7, 11) is 0. The standard InChI is InChI=1S/C28H32ClN7O3/c1-17-6-8-18(9-7-17)15-35-22-21(19-4-2-5-20(29)14-19)30-24(25-33-34-27(37)39-25)31-23(22)32-26(35)36-12-13-38-16-28(36)10-3-11-28/h2,4-5,14,17-18H,3,6-13,15-16H2,1H3,(H,34,37). The van der Waals surface area contributed by atoms with E-state index in [1.54, 1.807) is 0 Å². The Morgan fingerprint density at radius 1 is 1.15 bits per heavy atom. The lowest BCUT2D eigenvalue weighted by atomic mass is 9.75. The van der Waals surface area contributed by atoms with Crippen molar-refractivity contribution in [3.63, 3.8) is 0 Å². The van der Waals surface area contributed by atoms with Gasteiger partial charge in [-0.1, -0.05) is 43.5 Å². The average molecular weight is 550 g/mol. The number of benzene rings is 1. The van der Waals surface area contributed by atoms with Crippen molar-refractivity contribution in [2.75, 3.05) is 24.7 Å². The minimum Gasteiger partial charge on any atom is -0.384 e. The molecule has 0 atom stereocenters. The fourth-order valence-electron chi connectivity index (χ4n) is 6.48. The lowest BCUT2D eigenvalue weighted by Crippen LogP contribution is -2.62. The van der Waals surface area contributed by atoms with E-state index in [0.717, 1.165) is 48.9 Å². The number of nitrogens with zero attached hydrogens (tertiary/aromatic N) is 6. The zero-order chi connectivity index (χ0) is 26.6. The second kappa shape index (κ2) is 9.75. The number of halogens is 1. The van der Waals surface area contributed by atoms with Crippen LogP contribution in [0.2, 0.25) is 5.02 Å². The summed E-state index contributed by atoms with van der Waals surface area (Å²) >= 11 is 6.44. The number of rotatable bonds is 5. The van der Waals surface area contributed by atoms with Gasteiger partial charge in [-0.3, -0.25) is 0 Å². The number of fused-ring (bicyclic) bond motifs is 1. The van der Waals surface area contributed by atoms with Crippen LogP contribution < -0.4 is 10.7 Å². The maximum Gasteiger partial charge on any atom is 0.434 e. The zero-order valence-corrected chi connectivity index (χ0v) is 22.8. The molecule has 4 heterocycles. The van der Waals surface area contributed by atoms with E-state index in [9.17, 15) is 4.79 Å². The molecule has 1 aliphatic heterocycles. The van der Waals surface area contributed by atoms with Crippen LogP contribution in [0.15, 0.2) is 33.5 Å². The van der Waals surface area contributed by atoms with Gasteiger partial charge in [-0.05, 0) is 56.1 Å². The molecule has 0 bridgehead atoms. The molecule has 3 fully saturated rings. The predicted octanol–water partition coefficient (Wildman–Crippen LogP) is 5.08. The van der Waals surface area contributed by atoms with Crippen LogP contribution in [0.3, 0.4) is 0 Å². The monoisotopic (exact) mass is 549 g/mol. The molecule has 11 heteroatoms. The van der Waals surface area contributed by atoms with Crippen molar-refractivity contribution in [3.05, 3.63) is 39.8 Å². The molecule has 3 aliphatic rings. The van der Waals surface area contributed by atoms with Crippen molar-refractivity contribution < 1.29 is 9.15 Å². The normalized spacial score (nSPS) is 22.9. The average Bonchev–Trinajstić information content (AvgIpc) is 3.52. The van der Waals surface area contributed by atoms with Gasteiger partial charge in [0.05, 0.1) is 18.8 Å². The van der Waals surface area contributed by atoms with Crippen molar-refractivity contribution in [3.8, 4) is 23.0 Å². The first kappa shape index (κ1) is 24.8. The third kappa shape index (κ3) is 4.43. The number of nitrogens with one attached hydrogen (secondary N) is 1. The van der Waals surface area contributed by atoms with Gasteiger partial charge in [0.25, 0.3) is 5.89 Å². The third-order valence-corrected chi connectivity index (χ3v) is 9.05. The van der Waals surface area contributed by atoms with Crippen LogP contribution in [0.4, 0.5) is 5.95 Å². The first-order valence-corrected chi connectivity index (χ1v) is 14.3. The van der Waals surface area contributed by atoms with Gasteiger partial charge in [-0.15, -0.1) is 5.10 Å². The lowest BCUT2D eigenvalue weighted by molar-refractivity contribution is 0.0118. The van der Waals surface area contributed by atoms with Gasteiger partial charge in [-0.25, -0.2) is 19.9 Å². The number of aromatic nitrogens is 6. The van der Waals surface area contributed by atoms with Crippen LogP contribution in [0, 0.1) is 11.8 Å². The molecular formula is C28H32ClN7O3. The molecule has 1 aromatic carbocycles. The van der Waals surface area contributed by atoms with Crippen molar-refractivity contribution in [2.45, 2.75) is 64.0 Å². The first-order chi connectivity index (χ1) is 19.0. The number of morpholine rings is 1. The number of hydrogen-bond donors (Lipinski definition) is 1. The van der Waals surface area contributed by atoms with Gasteiger partial charge >= 0.3 is 5.76 Å². The zero-order valence-electron chi connectivity index (χ0n) is 22.0. The highest BCUT2D eigenvalue weighted by Crippen LogP contribution is 2.44. The number of aromatic amines is 1. The number of hydrogen-bond acceptors (Lipinski definition) is 8. The Kier molecular flexibility index (Phi) is 6.19. The molecule has 3 aromatic heterocycles. The van der Waals surface area contributed by atoms with Gasteiger partial charge in [-0.2, -0.15) is 4.98 Å². The highest BCUT2D eigenvalue weighted by molar-refractivity contribution is 6.30. The highest BCUT2D eigenvalue weighted by atomic mass is 35.5. The number of H-pyrrole nitrogens is 1. The Balaban J connectivity index is 1.45. The Bertz CT molecular complexity index is 1560. The Labute approximate surface area is 230 Å². The Hall–Kier alpha value is -3.24. The fraction of sp³-hybridized carbons (Fsp3) is 0.536. The maximum absolute atomic E-state index is 11.8. The predicted molar refractivity (Wildman–Crippen MR) is 148 cm³/mol. The fourth-order valence-corrected chi connectivity index (χ4v) is 6.67. The summed E-state index contributed by atoms with van der Waals surface area (Å²) in [4.78, 5) is 29.1. The smallest absolute Gasteiger partial charge is 0.384 e. The number of ether oxygens (including phenoxy) is 1. The maximum atomic E-state index is 11.8. The van der Waals surface area contributed by atoms with Crippen molar-refractivity contribution in [1.29, 1.82) is 0 Å². The van der Waals surface area contributed by atoms with Gasteiger partial charge in [0, 0.05) is 23.7 Å². The molecule has 1 N–H and O–H groups in total. The summed E-state index contributed by atoms with van der Waals surface area (Å²) in [5.74, 6) is 1.82. The summed E-state index contributed by atoms with van der Waals surface area (Å²) in [5, 5.41) is 6.92. The van der Waals surface area contributed by atoms with E-state index >= 15 is 0 Å². The first-order valence-electron chi connectivity index (χ1n) is 13.9. The summed E-state index contributed by atoms with van der Waals surface area (Å²) in [6.45, 7) is 5.37. The van der Waals surface area contributed by atoms with Crippen molar-refractivity contribution >= 4 is 28.7 Å². The number of imidazole rings is 1. The SMILES string of the molecule is CC1CCC(Cn2c(N3CCOCC34CCC4)nc3nc(-c4n[nH]c(=O)o4)nc(-c4cccc(Cl)c4)c32)CC1. The molecule has 39 heavy (non-hydrogen) atoms. The molecular weight excluding hydrogens is 518 g/mol. The largest absolute Gasteiger partial charge is 0.434 e. The van der Waals surface area contributed by atoms with Crippen LogP contribution in [0.5, 0.6) is 0 Å². The van der Waals surface area contributed by atoms with Crippen LogP contribution in [0.1, 0.15) is 51.9 Å². The van der Waals surface area contributed by atoms with Crippen LogP contribution in [-0.4, -0.2) is 55.0 Å². The Morgan fingerprint density at radius 2 is 2.00 bits per heavy atom. The van der Waals surface area contributed by atoms with Gasteiger partial charge in [0.15, 0.2) is 5.65 Å². The minimum absolute atomic E-state index is 0.0279. The van der Waals surface area contributed by atoms with E-state index in [1.165, 1.54) is 32.1 Å². The molecule has 2 aliphatic carbocycles. The molecule has 1 spiro atoms. The van der Waals surface area contributed by atoms with Crippen LogP contribution in [0.25, 0.3) is 34.1 Å². The topological polar surface area (TPSA) is 115 Å².